The smallest absolute Gasteiger partial charge is 0.407 e. The van der Waals surface area contributed by atoms with Crippen LogP contribution in [0.1, 0.15) is 40.0 Å². The Morgan fingerprint density at radius 3 is 2.50 bits per heavy atom. The molecule has 2 saturated carbocycles. The third-order valence-corrected chi connectivity index (χ3v) is 2.77. The van der Waals surface area contributed by atoms with Crippen LogP contribution < -0.4 is 5.32 Å². The molecule has 0 aromatic heterocycles. The van der Waals surface area contributed by atoms with Crippen LogP contribution in [0.5, 0.6) is 0 Å². The van der Waals surface area contributed by atoms with Gasteiger partial charge in [0, 0.05) is 6.04 Å². The van der Waals surface area contributed by atoms with E-state index in [0.29, 0.717) is 6.04 Å². The highest BCUT2D eigenvalue weighted by molar-refractivity contribution is 5.68. The minimum absolute atomic E-state index is 0.259. The van der Waals surface area contributed by atoms with Gasteiger partial charge in [0.2, 0.25) is 0 Å². The first-order chi connectivity index (χ1) is 6.46. The Kier molecular flexibility index (Phi) is 2.20. The lowest BCUT2D eigenvalue weighted by molar-refractivity contribution is 0.0520. The van der Waals surface area contributed by atoms with Gasteiger partial charge in [-0.15, -0.1) is 0 Å². The topological polar surface area (TPSA) is 38.3 Å². The standard InChI is InChI=1S/C11H19NO2/c1-11(2,3)14-10(13)12-9-6-8(9)7-4-5-7/h7-9H,4-6H2,1-3H3,(H,12,13). The van der Waals surface area contributed by atoms with Crippen molar-refractivity contribution in [2.45, 2.75) is 51.7 Å². The van der Waals surface area contributed by atoms with Crippen molar-refractivity contribution in [2.24, 2.45) is 11.8 Å². The Balaban J connectivity index is 1.68. The normalized spacial score (nSPS) is 31.1. The zero-order valence-electron chi connectivity index (χ0n) is 9.17. The second-order valence-corrected chi connectivity index (χ2v) is 5.49. The SMILES string of the molecule is CC(C)(C)OC(=O)NC1CC1C1CC1. The van der Waals surface area contributed by atoms with Gasteiger partial charge >= 0.3 is 6.09 Å². The summed E-state index contributed by atoms with van der Waals surface area (Å²) in [4.78, 5) is 11.4. The first-order valence-electron chi connectivity index (χ1n) is 5.45. The molecule has 80 valence electrons. The van der Waals surface area contributed by atoms with Crippen LogP contribution in [0.3, 0.4) is 0 Å². The van der Waals surface area contributed by atoms with Gasteiger partial charge in [-0.05, 0) is 51.9 Å². The summed E-state index contributed by atoms with van der Waals surface area (Å²) >= 11 is 0. The first kappa shape index (κ1) is 9.81. The summed E-state index contributed by atoms with van der Waals surface area (Å²) in [5.74, 6) is 1.65. The molecule has 1 amide bonds. The van der Waals surface area contributed by atoms with E-state index in [0.717, 1.165) is 18.3 Å². The minimum Gasteiger partial charge on any atom is -0.444 e. The van der Waals surface area contributed by atoms with Gasteiger partial charge in [-0.25, -0.2) is 4.79 Å². The predicted molar refractivity (Wildman–Crippen MR) is 54.0 cm³/mol. The van der Waals surface area contributed by atoms with Gasteiger partial charge in [-0.2, -0.15) is 0 Å². The molecule has 2 atom stereocenters. The number of ether oxygens (including phenoxy) is 1. The number of carbonyl (C=O) groups is 1. The van der Waals surface area contributed by atoms with E-state index in [9.17, 15) is 4.79 Å². The van der Waals surface area contributed by atoms with Crippen LogP contribution >= 0.6 is 0 Å². The molecule has 3 nitrogen and oxygen atoms in total. The summed E-state index contributed by atoms with van der Waals surface area (Å²) in [6.45, 7) is 5.66. The summed E-state index contributed by atoms with van der Waals surface area (Å²) in [5.41, 5.74) is -0.381. The average Bonchev–Trinajstić information content (AvgIpc) is 2.71. The number of hydrogen-bond acceptors (Lipinski definition) is 2. The fraction of sp³-hybridized carbons (Fsp3) is 0.909. The summed E-state index contributed by atoms with van der Waals surface area (Å²) in [7, 11) is 0. The number of rotatable bonds is 2. The van der Waals surface area contributed by atoms with Gasteiger partial charge in [-0.3, -0.25) is 0 Å². The van der Waals surface area contributed by atoms with Crippen LogP contribution in [0.25, 0.3) is 0 Å². The number of hydrogen-bond donors (Lipinski definition) is 1. The quantitative estimate of drug-likeness (QED) is 0.737. The van der Waals surface area contributed by atoms with Crippen LogP contribution in [-0.2, 0) is 4.74 Å². The minimum atomic E-state index is -0.381. The molecule has 2 unspecified atom stereocenters. The molecule has 1 N–H and O–H groups in total. The van der Waals surface area contributed by atoms with Gasteiger partial charge in [0.1, 0.15) is 5.60 Å². The lowest BCUT2D eigenvalue weighted by Crippen LogP contribution is -2.34. The van der Waals surface area contributed by atoms with Gasteiger partial charge < -0.3 is 10.1 Å². The Morgan fingerprint density at radius 1 is 1.36 bits per heavy atom. The van der Waals surface area contributed by atoms with Crippen molar-refractivity contribution in [3.8, 4) is 0 Å². The van der Waals surface area contributed by atoms with Crippen molar-refractivity contribution in [1.29, 1.82) is 0 Å². The molecule has 0 aromatic carbocycles. The van der Waals surface area contributed by atoms with Crippen LogP contribution in [0.15, 0.2) is 0 Å². The van der Waals surface area contributed by atoms with Crippen molar-refractivity contribution in [1.82, 2.24) is 5.32 Å². The molecule has 0 bridgehead atoms. The van der Waals surface area contributed by atoms with Gasteiger partial charge in [0.25, 0.3) is 0 Å². The lowest BCUT2D eigenvalue weighted by Gasteiger charge is -2.19. The van der Waals surface area contributed by atoms with Crippen molar-refractivity contribution < 1.29 is 9.53 Å². The van der Waals surface area contributed by atoms with Gasteiger partial charge in [0.05, 0.1) is 0 Å². The molecule has 0 aromatic rings. The van der Waals surface area contributed by atoms with E-state index < -0.39 is 0 Å². The maximum atomic E-state index is 11.4. The third kappa shape index (κ3) is 2.63. The van der Waals surface area contributed by atoms with E-state index in [-0.39, 0.29) is 11.7 Å². The van der Waals surface area contributed by atoms with Crippen molar-refractivity contribution in [2.75, 3.05) is 0 Å². The fourth-order valence-electron chi connectivity index (χ4n) is 1.88. The number of alkyl carbamates (subject to hydrolysis) is 1. The average molecular weight is 197 g/mol. The predicted octanol–water partition coefficient (Wildman–Crippen LogP) is 2.31. The number of amides is 1. The third-order valence-electron chi connectivity index (χ3n) is 2.77. The van der Waals surface area contributed by atoms with E-state index in [1.807, 2.05) is 20.8 Å². The molecule has 0 radical (unpaired) electrons. The first-order valence-corrected chi connectivity index (χ1v) is 5.45. The molecule has 0 saturated heterocycles. The Bertz CT molecular complexity index is 240. The van der Waals surface area contributed by atoms with Gasteiger partial charge in [0.15, 0.2) is 0 Å². The van der Waals surface area contributed by atoms with E-state index in [1.54, 1.807) is 0 Å². The highest BCUT2D eigenvalue weighted by atomic mass is 16.6. The van der Waals surface area contributed by atoms with E-state index in [4.69, 9.17) is 4.74 Å². The fourth-order valence-corrected chi connectivity index (χ4v) is 1.88. The number of carbonyl (C=O) groups excluding carboxylic acids is 1. The van der Waals surface area contributed by atoms with Crippen LogP contribution in [-0.4, -0.2) is 17.7 Å². The second kappa shape index (κ2) is 3.14. The van der Waals surface area contributed by atoms with Gasteiger partial charge in [-0.1, -0.05) is 0 Å². The largest absolute Gasteiger partial charge is 0.444 e. The second-order valence-electron chi connectivity index (χ2n) is 5.49. The van der Waals surface area contributed by atoms with Crippen LogP contribution in [0, 0.1) is 11.8 Å². The van der Waals surface area contributed by atoms with Crippen LogP contribution in [0.4, 0.5) is 4.79 Å². The molecular formula is C11H19NO2. The van der Waals surface area contributed by atoms with E-state index in [1.165, 1.54) is 12.8 Å². The van der Waals surface area contributed by atoms with Crippen LogP contribution in [0.2, 0.25) is 0 Å². The molecular weight excluding hydrogens is 178 g/mol. The van der Waals surface area contributed by atoms with E-state index in [2.05, 4.69) is 5.32 Å². The lowest BCUT2D eigenvalue weighted by atomic mass is 10.2. The molecule has 0 heterocycles. The van der Waals surface area contributed by atoms with Crippen molar-refractivity contribution in [3.63, 3.8) is 0 Å². The maximum absolute atomic E-state index is 11.4. The molecule has 2 fully saturated rings. The molecule has 2 rings (SSSR count). The molecule has 0 spiro atoms. The zero-order chi connectivity index (χ0) is 10.3. The van der Waals surface area contributed by atoms with Crippen molar-refractivity contribution >= 4 is 6.09 Å². The number of nitrogens with one attached hydrogen (secondary N) is 1. The highest BCUT2D eigenvalue weighted by Gasteiger charge is 2.48. The molecule has 14 heavy (non-hydrogen) atoms. The molecule has 0 aliphatic heterocycles. The highest BCUT2D eigenvalue weighted by Crippen LogP contribution is 2.49. The Morgan fingerprint density at radius 2 is 2.00 bits per heavy atom. The molecule has 2 aliphatic rings. The maximum Gasteiger partial charge on any atom is 0.407 e. The zero-order valence-corrected chi connectivity index (χ0v) is 9.17. The summed E-state index contributed by atoms with van der Waals surface area (Å²) in [6.07, 6.45) is 3.61. The van der Waals surface area contributed by atoms with Crippen molar-refractivity contribution in [3.05, 3.63) is 0 Å². The summed E-state index contributed by atoms with van der Waals surface area (Å²) in [5, 5.41) is 2.92. The molecule has 2 aliphatic carbocycles. The Hall–Kier alpha value is -0.730. The summed E-state index contributed by atoms with van der Waals surface area (Å²) in [6, 6.07) is 0.400. The Labute approximate surface area is 85.2 Å². The van der Waals surface area contributed by atoms with E-state index >= 15 is 0 Å². The monoisotopic (exact) mass is 197 g/mol. The summed E-state index contributed by atoms with van der Waals surface area (Å²) < 4.78 is 5.19. The molecule has 3 heteroatoms.